The van der Waals surface area contributed by atoms with Crippen LogP contribution in [0.5, 0.6) is 11.5 Å². The summed E-state index contributed by atoms with van der Waals surface area (Å²) in [5, 5.41) is 19.8. The lowest BCUT2D eigenvalue weighted by Gasteiger charge is -2.32. The SMILES string of the molecule is C[C@@H]1NC(=O)[C@@H](N(C)C(=O)[C@H](CCNC(=O)OC(C)(C)C)NC=O)c2ccc(OCC(N)=O)c(c2)-c2cc(ccc2OCC(N)=O)C[C@@H](C(=O)O)NC1=O. The summed E-state index contributed by atoms with van der Waals surface area (Å²) in [5.74, 6) is -5.41. The first-order valence-electron chi connectivity index (χ1n) is 16.7. The quantitative estimate of drug-likeness (QED) is 0.117. The Labute approximate surface area is 310 Å². The molecule has 292 valence electrons. The van der Waals surface area contributed by atoms with Crippen LogP contribution in [0, 0.1) is 0 Å². The van der Waals surface area contributed by atoms with Gasteiger partial charge in [-0.05, 0) is 69.5 Å². The first kappa shape index (κ1) is 42.0. The third-order valence-electron chi connectivity index (χ3n) is 7.85. The lowest BCUT2D eigenvalue weighted by molar-refractivity contribution is -0.143. The molecule has 0 saturated carbocycles. The van der Waals surface area contributed by atoms with E-state index in [-0.39, 0.29) is 54.0 Å². The average Bonchev–Trinajstić information content (AvgIpc) is 3.08. The Kier molecular flexibility index (Phi) is 14.3. The first-order valence-corrected chi connectivity index (χ1v) is 16.7. The van der Waals surface area contributed by atoms with Gasteiger partial charge in [-0.3, -0.25) is 28.8 Å². The van der Waals surface area contributed by atoms with Crippen molar-refractivity contribution >= 4 is 48.0 Å². The summed E-state index contributed by atoms with van der Waals surface area (Å²) in [7, 11) is 1.28. The molecule has 19 nitrogen and oxygen atoms in total. The molecule has 0 aliphatic carbocycles. The van der Waals surface area contributed by atoms with Crippen LogP contribution in [0.4, 0.5) is 4.79 Å². The van der Waals surface area contributed by atoms with Crippen molar-refractivity contribution in [2.75, 3.05) is 26.8 Å². The Balaban J connectivity index is 2.22. The number of rotatable bonds is 14. The van der Waals surface area contributed by atoms with Gasteiger partial charge >= 0.3 is 12.1 Å². The number of primary amides is 2. The van der Waals surface area contributed by atoms with Crippen LogP contribution in [0.3, 0.4) is 0 Å². The molecule has 1 aliphatic rings. The number of nitrogens with two attached hydrogens (primary N) is 2. The highest BCUT2D eigenvalue weighted by Crippen LogP contribution is 2.40. The van der Waals surface area contributed by atoms with Crippen molar-refractivity contribution in [1.29, 1.82) is 0 Å². The van der Waals surface area contributed by atoms with Gasteiger partial charge in [-0.2, -0.15) is 0 Å². The number of fused-ring (bicyclic) bond motifs is 5. The fourth-order valence-electron chi connectivity index (χ4n) is 5.40. The number of carboxylic acid groups (broad SMARTS) is 1. The largest absolute Gasteiger partial charge is 0.483 e. The second-order valence-electron chi connectivity index (χ2n) is 13.3. The van der Waals surface area contributed by atoms with Crippen LogP contribution in [0.2, 0.25) is 0 Å². The van der Waals surface area contributed by atoms with E-state index in [4.69, 9.17) is 25.7 Å². The molecule has 2 aromatic rings. The summed E-state index contributed by atoms with van der Waals surface area (Å²) in [6.07, 6.45) is -0.823. The van der Waals surface area contributed by atoms with Gasteiger partial charge in [0.05, 0.1) is 0 Å². The number of nitrogens with zero attached hydrogens (tertiary/aromatic N) is 1. The lowest BCUT2D eigenvalue weighted by atomic mass is 9.93. The number of carbonyl (C=O) groups is 8. The Morgan fingerprint density at radius 3 is 2.11 bits per heavy atom. The number of carboxylic acids is 1. The van der Waals surface area contributed by atoms with Crippen molar-refractivity contribution in [1.82, 2.24) is 26.2 Å². The van der Waals surface area contributed by atoms with Gasteiger partial charge in [0, 0.05) is 31.1 Å². The van der Waals surface area contributed by atoms with E-state index >= 15 is 0 Å². The maximum atomic E-state index is 14.1. The molecule has 9 N–H and O–H groups in total. The minimum atomic E-state index is -1.53. The minimum absolute atomic E-state index is 0.0454. The fraction of sp³-hybridized carbons (Fsp3) is 0.429. The molecular formula is C35H45N7O12. The second kappa shape index (κ2) is 18.4. The molecule has 4 atom stereocenters. The Morgan fingerprint density at radius 2 is 1.56 bits per heavy atom. The summed E-state index contributed by atoms with van der Waals surface area (Å²) in [4.78, 5) is 102. The van der Waals surface area contributed by atoms with Crippen LogP contribution in [0.1, 0.15) is 51.3 Å². The second-order valence-corrected chi connectivity index (χ2v) is 13.3. The van der Waals surface area contributed by atoms with Crippen LogP contribution in [-0.4, -0.2) is 109 Å². The predicted molar refractivity (Wildman–Crippen MR) is 189 cm³/mol. The van der Waals surface area contributed by atoms with E-state index in [0.29, 0.717) is 5.56 Å². The third kappa shape index (κ3) is 11.8. The minimum Gasteiger partial charge on any atom is -0.483 e. The van der Waals surface area contributed by atoms with Gasteiger partial charge < -0.3 is 57.0 Å². The molecule has 1 aliphatic heterocycles. The number of amides is 7. The topological polar surface area (TPSA) is 288 Å². The highest BCUT2D eigenvalue weighted by molar-refractivity contribution is 5.95. The molecule has 4 bridgehead atoms. The standard InChI is InChI=1S/C35H45N7O12/c1-18-30(46)41-24(33(49)50)13-19-6-8-25(52-15-27(36)44)21(12-19)22-14-20(7-9-26(22)53-16-28(37)45)29(31(47)40-18)42(5)32(48)23(39-17-43)10-11-38-34(51)54-35(2,3)4/h6-9,12,14,17-18,23-24,29H,10-11,13,15-16H2,1-5H3,(H2,36,44)(H2,37,45)(H,38,51)(H,39,43)(H,40,47)(H,41,46)(H,49,50)/t18-,23-,24-,29-/m0/s1. The van der Waals surface area contributed by atoms with Gasteiger partial charge in [0.15, 0.2) is 13.2 Å². The number of likely N-dealkylation sites (N-methyl/N-ethyl adjacent to an activating group) is 1. The van der Waals surface area contributed by atoms with Crippen molar-refractivity contribution in [3.8, 4) is 22.6 Å². The van der Waals surface area contributed by atoms with E-state index in [1.54, 1.807) is 20.8 Å². The summed E-state index contributed by atoms with van der Waals surface area (Å²) in [5.41, 5.74) is 10.8. The number of ether oxygens (including phenoxy) is 3. The zero-order valence-corrected chi connectivity index (χ0v) is 30.4. The highest BCUT2D eigenvalue weighted by Gasteiger charge is 2.35. The van der Waals surface area contributed by atoms with Crippen molar-refractivity contribution in [3.63, 3.8) is 0 Å². The lowest BCUT2D eigenvalue weighted by Crippen LogP contribution is -2.54. The van der Waals surface area contributed by atoms with Crippen molar-refractivity contribution in [3.05, 3.63) is 47.5 Å². The highest BCUT2D eigenvalue weighted by atomic mass is 16.6. The number of hydrogen-bond acceptors (Lipinski definition) is 11. The molecule has 3 rings (SSSR count). The Bertz CT molecular complexity index is 1780. The molecule has 0 aromatic heterocycles. The van der Waals surface area contributed by atoms with Gasteiger partial charge in [0.25, 0.3) is 11.8 Å². The third-order valence-corrected chi connectivity index (χ3v) is 7.85. The maximum Gasteiger partial charge on any atom is 0.407 e. The molecule has 54 heavy (non-hydrogen) atoms. The van der Waals surface area contributed by atoms with Crippen LogP contribution in [0.25, 0.3) is 11.1 Å². The molecule has 0 radical (unpaired) electrons. The summed E-state index contributed by atoms with van der Waals surface area (Å²) >= 11 is 0. The Morgan fingerprint density at radius 1 is 0.963 bits per heavy atom. The zero-order chi connectivity index (χ0) is 40.3. The van der Waals surface area contributed by atoms with E-state index in [1.165, 1.54) is 50.4 Å². The molecule has 19 heteroatoms. The van der Waals surface area contributed by atoms with Crippen molar-refractivity contribution in [2.45, 2.75) is 70.3 Å². The van der Waals surface area contributed by atoms with E-state index in [0.717, 1.165) is 4.90 Å². The van der Waals surface area contributed by atoms with Crippen LogP contribution in [0.15, 0.2) is 36.4 Å². The number of benzene rings is 2. The van der Waals surface area contributed by atoms with Gasteiger partial charge in [-0.1, -0.05) is 12.1 Å². The molecule has 7 amide bonds. The number of carbonyl (C=O) groups excluding carboxylic acids is 7. The summed E-state index contributed by atoms with van der Waals surface area (Å²) in [6, 6.07) is 3.17. The van der Waals surface area contributed by atoms with Gasteiger partial charge in [0.1, 0.15) is 41.3 Å². The Hall–Kier alpha value is -6.40. The monoisotopic (exact) mass is 755 g/mol. The molecule has 0 fully saturated rings. The van der Waals surface area contributed by atoms with Gasteiger partial charge in [-0.25, -0.2) is 9.59 Å². The van der Waals surface area contributed by atoms with E-state index in [9.17, 15) is 43.5 Å². The first-order chi connectivity index (χ1) is 25.3. The van der Waals surface area contributed by atoms with Crippen molar-refractivity contribution in [2.24, 2.45) is 11.5 Å². The number of hydrogen-bond donors (Lipinski definition) is 7. The van der Waals surface area contributed by atoms with E-state index in [1.807, 2.05) is 0 Å². The predicted octanol–water partition coefficient (Wildman–Crippen LogP) is -0.759. The zero-order valence-electron chi connectivity index (χ0n) is 30.4. The summed E-state index contributed by atoms with van der Waals surface area (Å²) < 4.78 is 16.6. The van der Waals surface area contributed by atoms with Crippen LogP contribution >= 0.6 is 0 Å². The van der Waals surface area contributed by atoms with Crippen LogP contribution in [-0.2, 0) is 44.7 Å². The number of alkyl carbamates (subject to hydrolysis) is 1. The van der Waals surface area contributed by atoms with Crippen molar-refractivity contribution < 1.29 is 57.7 Å². The maximum absolute atomic E-state index is 14.1. The fourth-order valence-corrected chi connectivity index (χ4v) is 5.40. The molecule has 0 spiro atoms. The smallest absolute Gasteiger partial charge is 0.407 e. The van der Waals surface area contributed by atoms with E-state index < -0.39 is 84.6 Å². The van der Waals surface area contributed by atoms with Crippen LogP contribution < -0.4 is 42.2 Å². The number of aliphatic carboxylic acids is 1. The molecule has 1 heterocycles. The molecule has 0 unspecified atom stereocenters. The molecule has 0 saturated heterocycles. The number of nitrogens with one attached hydrogen (secondary N) is 4. The normalized spacial score (nSPS) is 17.6. The van der Waals surface area contributed by atoms with E-state index in [2.05, 4.69) is 21.3 Å². The van der Waals surface area contributed by atoms with Gasteiger partial charge in [0.2, 0.25) is 24.1 Å². The molecular weight excluding hydrogens is 710 g/mol. The summed E-state index contributed by atoms with van der Waals surface area (Å²) in [6.45, 7) is 5.08. The van der Waals surface area contributed by atoms with Gasteiger partial charge in [-0.15, -0.1) is 0 Å². The molecule has 2 aromatic carbocycles. The average molecular weight is 756 g/mol.